The Morgan fingerprint density at radius 3 is 2.52 bits per heavy atom. The van der Waals surface area contributed by atoms with Crippen LogP contribution in [0.3, 0.4) is 0 Å². The number of thiocarbonyl (C=S) groups is 1. The molecule has 1 N–H and O–H groups in total. The van der Waals surface area contributed by atoms with Crippen LogP contribution in [-0.4, -0.2) is 10.0 Å². The Balaban J connectivity index is 1.53. The second kappa shape index (κ2) is 10.4. The summed E-state index contributed by atoms with van der Waals surface area (Å²) in [7, 11) is 0. The zero-order valence-corrected chi connectivity index (χ0v) is 18.0. The molecule has 0 radical (unpaired) electrons. The minimum absolute atomic E-state index is 0.0621. The van der Waals surface area contributed by atoms with Gasteiger partial charge in [-0.1, -0.05) is 65.9 Å². The highest BCUT2D eigenvalue weighted by Gasteiger charge is 2.05. The Kier molecular flexibility index (Phi) is 7.63. The standard InChI is InChI=1S/C22H18ClFN2OS2/c1-15(25-26-22(28)29-19-11-12-21(24)20(23)13-19)17-7-9-18(10-8-17)27-14-16-5-3-2-4-6-16/h2-13H,14H2,1H3,(H,26,28)/b25-15+. The van der Waals surface area contributed by atoms with Gasteiger partial charge in [0.25, 0.3) is 0 Å². The summed E-state index contributed by atoms with van der Waals surface area (Å²) < 4.78 is 19.5. The van der Waals surface area contributed by atoms with Gasteiger partial charge in [-0.05, 0) is 60.5 Å². The van der Waals surface area contributed by atoms with Gasteiger partial charge in [0.2, 0.25) is 0 Å². The predicted molar refractivity (Wildman–Crippen MR) is 122 cm³/mol. The normalized spacial score (nSPS) is 11.2. The van der Waals surface area contributed by atoms with Gasteiger partial charge >= 0.3 is 0 Å². The monoisotopic (exact) mass is 444 g/mol. The van der Waals surface area contributed by atoms with E-state index in [1.807, 2.05) is 61.5 Å². The lowest BCUT2D eigenvalue weighted by Gasteiger charge is -2.08. The maximum absolute atomic E-state index is 13.2. The topological polar surface area (TPSA) is 33.6 Å². The van der Waals surface area contributed by atoms with Gasteiger partial charge in [-0.15, -0.1) is 0 Å². The zero-order chi connectivity index (χ0) is 20.6. The van der Waals surface area contributed by atoms with Gasteiger partial charge in [0, 0.05) is 4.90 Å². The third-order valence-corrected chi connectivity index (χ3v) is 5.33. The Morgan fingerprint density at radius 2 is 1.83 bits per heavy atom. The van der Waals surface area contributed by atoms with Gasteiger partial charge in [-0.2, -0.15) is 5.10 Å². The van der Waals surface area contributed by atoms with Crippen molar-refractivity contribution >= 4 is 45.6 Å². The quantitative estimate of drug-likeness (QED) is 0.205. The molecule has 0 atom stereocenters. The van der Waals surface area contributed by atoms with Gasteiger partial charge in [-0.3, -0.25) is 5.43 Å². The van der Waals surface area contributed by atoms with E-state index in [0.717, 1.165) is 27.5 Å². The molecule has 0 aromatic heterocycles. The maximum atomic E-state index is 13.2. The zero-order valence-electron chi connectivity index (χ0n) is 15.6. The van der Waals surface area contributed by atoms with Gasteiger partial charge in [0.15, 0.2) is 4.32 Å². The summed E-state index contributed by atoms with van der Waals surface area (Å²) >= 11 is 12.3. The Morgan fingerprint density at radius 1 is 1.10 bits per heavy atom. The molecule has 0 amide bonds. The first-order valence-corrected chi connectivity index (χ1v) is 10.4. The van der Waals surface area contributed by atoms with Crippen molar-refractivity contribution < 1.29 is 9.13 Å². The van der Waals surface area contributed by atoms with E-state index in [9.17, 15) is 4.39 Å². The lowest BCUT2D eigenvalue weighted by Crippen LogP contribution is -2.13. The highest BCUT2D eigenvalue weighted by atomic mass is 35.5. The third-order valence-electron chi connectivity index (χ3n) is 3.94. The molecule has 7 heteroatoms. The molecule has 0 spiro atoms. The maximum Gasteiger partial charge on any atom is 0.158 e. The van der Waals surface area contributed by atoms with E-state index in [4.69, 9.17) is 28.6 Å². The molecule has 0 aliphatic heterocycles. The van der Waals surface area contributed by atoms with Crippen LogP contribution < -0.4 is 10.2 Å². The molecular formula is C22H18ClFN2OS2. The molecule has 0 bridgehead atoms. The van der Waals surface area contributed by atoms with Gasteiger partial charge in [-0.25, -0.2) is 4.39 Å². The number of ether oxygens (including phenoxy) is 1. The summed E-state index contributed by atoms with van der Waals surface area (Å²) in [6.45, 7) is 2.41. The van der Waals surface area contributed by atoms with Crippen LogP contribution >= 0.6 is 35.6 Å². The molecule has 29 heavy (non-hydrogen) atoms. The highest BCUT2D eigenvalue weighted by molar-refractivity contribution is 8.23. The number of hydrogen-bond donors (Lipinski definition) is 1. The molecule has 0 aliphatic rings. The highest BCUT2D eigenvalue weighted by Crippen LogP contribution is 2.24. The van der Waals surface area contributed by atoms with E-state index in [2.05, 4.69) is 10.5 Å². The third kappa shape index (κ3) is 6.56. The Labute approximate surface area is 183 Å². The first-order valence-electron chi connectivity index (χ1n) is 8.75. The summed E-state index contributed by atoms with van der Waals surface area (Å²) in [6.07, 6.45) is 0. The van der Waals surface area contributed by atoms with Crippen LogP contribution in [0.25, 0.3) is 0 Å². The molecule has 148 valence electrons. The lowest BCUT2D eigenvalue weighted by atomic mass is 10.1. The van der Waals surface area contributed by atoms with E-state index < -0.39 is 5.82 Å². The molecule has 0 saturated carbocycles. The van der Waals surface area contributed by atoms with Crippen molar-refractivity contribution in [1.82, 2.24) is 5.43 Å². The molecule has 0 heterocycles. The number of hydrazone groups is 1. The van der Waals surface area contributed by atoms with Crippen molar-refractivity contribution in [2.24, 2.45) is 5.10 Å². The molecule has 0 aliphatic carbocycles. The van der Waals surface area contributed by atoms with E-state index >= 15 is 0 Å². The molecule has 0 saturated heterocycles. The second-order valence-corrected chi connectivity index (χ2v) is 8.23. The van der Waals surface area contributed by atoms with Crippen molar-refractivity contribution in [1.29, 1.82) is 0 Å². The fraction of sp³-hybridized carbons (Fsp3) is 0.0909. The van der Waals surface area contributed by atoms with Crippen LogP contribution in [0.4, 0.5) is 4.39 Å². The largest absolute Gasteiger partial charge is 0.489 e. The van der Waals surface area contributed by atoms with Crippen molar-refractivity contribution in [3.8, 4) is 5.75 Å². The average molecular weight is 445 g/mol. The number of nitrogens with one attached hydrogen (secondary N) is 1. The van der Waals surface area contributed by atoms with E-state index in [-0.39, 0.29) is 5.02 Å². The lowest BCUT2D eigenvalue weighted by molar-refractivity contribution is 0.306. The van der Waals surface area contributed by atoms with Crippen molar-refractivity contribution in [3.05, 3.63) is 94.8 Å². The SMILES string of the molecule is C/C(=N\NC(=S)Sc1ccc(F)c(Cl)c1)c1ccc(OCc2ccccc2)cc1. The number of rotatable bonds is 6. The predicted octanol–water partition coefficient (Wildman–Crippen LogP) is 6.45. The van der Waals surface area contributed by atoms with Crippen molar-refractivity contribution in [2.75, 3.05) is 0 Å². The van der Waals surface area contributed by atoms with Gasteiger partial charge in [0.05, 0.1) is 10.7 Å². The second-order valence-electron chi connectivity index (χ2n) is 6.07. The molecule has 3 rings (SSSR count). The summed E-state index contributed by atoms with van der Waals surface area (Å²) in [5.41, 5.74) is 5.68. The van der Waals surface area contributed by atoms with Gasteiger partial charge in [0.1, 0.15) is 18.2 Å². The molecule has 0 fully saturated rings. The smallest absolute Gasteiger partial charge is 0.158 e. The van der Waals surface area contributed by atoms with Crippen LogP contribution in [0.2, 0.25) is 5.02 Å². The van der Waals surface area contributed by atoms with Crippen molar-refractivity contribution in [2.45, 2.75) is 18.4 Å². The van der Waals surface area contributed by atoms with E-state index in [0.29, 0.717) is 10.9 Å². The summed E-state index contributed by atoms with van der Waals surface area (Å²) in [4.78, 5) is 0.738. The van der Waals surface area contributed by atoms with E-state index in [1.165, 1.54) is 23.9 Å². The van der Waals surface area contributed by atoms with Crippen molar-refractivity contribution in [3.63, 3.8) is 0 Å². The number of nitrogens with zero attached hydrogens (tertiary/aromatic N) is 1. The Hall–Kier alpha value is -2.41. The number of halogens is 2. The van der Waals surface area contributed by atoms with Crippen LogP contribution in [0.15, 0.2) is 82.8 Å². The summed E-state index contributed by atoms with van der Waals surface area (Å²) in [5.74, 6) is 0.331. The first-order chi connectivity index (χ1) is 14.0. The molecular weight excluding hydrogens is 427 g/mol. The van der Waals surface area contributed by atoms with E-state index in [1.54, 1.807) is 6.07 Å². The Bertz CT molecular complexity index is 1010. The summed E-state index contributed by atoms with van der Waals surface area (Å²) in [6, 6.07) is 22.2. The number of benzene rings is 3. The van der Waals surface area contributed by atoms with Crippen LogP contribution in [-0.2, 0) is 6.61 Å². The minimum atomic E-state index is -0.458. The fourth-order valence-electron chi connectivity index (χ4n) is 2.40. The molecule has 3 aromatic carbocycles. The average Bonchev–Trinajstić information content (AvgIpc) is 2.74. The van der Waals surface area contributed by atoms with Crippen LogP contribution in [0, 0.1) is 5.82 Å². The molecule has 3 nitrogen and oxygen atoms in total. The fourth-order valence-corrected chi connectivity index (χ4v) is 3.60. The minimum Gasteiger partial charge on any atom is -0.489 e. The van der Waals surface area contributed by atoms with Gasteiger partial charge < -0.3 is 4.74 Å². The number of hydrogen-bond acceptors (Lipinski definition) is 4. The first kappa shape index (κ1) is 21.3. The summed E-state index contributed by atoms with van der Waals surface area (Å²) in [5, 5.41) is 4.37. The molecule has 3 aromatic rings. The number of thioether (sulfide) groups is 1. The molecule has 0 unspecified atom stereocenters. The van der Waals surface area contributed by atoms with Crippen LogP contribution in [0.1, 0.15) is 18.1 Å². The van der Waals surface area contributed by atoms with Crippen LogP contribution in [0.5, 0.6) is 5.75 Å².